The minimum absolute atomic E-state index is 0.115. The fourth-order valence-corrected chi connectivity index (χ4v) is 4.23. The minimum Gasteiger partial charge on any atom is -0.452 e. The average Bonchev–Trinajstić information content (AvgIpc) is 2.73. The first-order valence-electron chi connectivity index (χ1n) is 8.93. The Morgan fingerprint density at radius 3 is 2.32 bits per heavy atom. The van der Waals surface area contributed by atoms with Crippen molar-refractivity contribution >= 4 is 39.2 Å². The predicted molar refractivity (Wildman–Crippen MR) is 107 cm³/mol. The van der Waals surface area contributed by atoms with E-state index in [0.29, 0.717) is 6.07 Å². The van der Waals surface area contributed by atoms with Crippen LogP contribution in [0.25, 0.3) is 0 Å². The van der Waals surface area contributed by atoms with Crippen LogP contribution < -0.4 is 5.32 Å². The maximum atomic E-state index is 13.6. The summed E-state index contributed by atoms with van der Waals surface area (Å²) >= 11 is 5.95. The summed E-state index contributed by atoms with van der Waals surface area (Å²) in [6.45, 7) is 2.81. The highest BCUT2D eigenvalue weighted by Gasteiger charge is 2.25. The second-order valence-corrected chi connectivity index (χ2v) is 8.42. The van der Waals surface area contributed by atoms with Crippen LogP contribution in [0.5, 0.6) is 0 Å². The van der Waals surface area contributed by atoms with Crippen molar-refractivity contribution in [3.63, 3.8) is 0 Å². The standard InChI is InChI=1S/C19H18ClF3N2O5S/c1-3-25(4-2)31(28,29)11-5-6-13(20)12(9-11)19(27)30-10-16(26)24-15-8-7-14(21)17(22)18(15)23/h5-9H,3-4,10H2,1-2H3,(H,24,26). The van der Waals surface area contributed by atoms with E-state index in [1.807, 2.05) is 5.32 Å². The number of nitrogens with zero attached hydrogens (tertiary/aromatic N) is 1. The monoisotopic (exact) mass is 478 g/mol. The van der Waals surface area contributed by atoms with Crippen molar-refractivity contribution < 1.29 is 35.9 Å². The van der Waals surface area contributed by atoms with E-state index in [1.54, 1.807) is 13.8 Å². The number of ether oxygens (including phenoxy) is 1. The van der Waals surface area contributed by atoms with Crippen LogP contribution >= 0.6 is 11.6 Å². The predicted octanol–water partition coefficient (Wildman–Crippen LogP) is 3.58. The van der Waals surface area contributed by atoms with E-state index in [1.165, 1.54) is 16.4 Å². The summed E-state index contributed by atoms with van der Waals surface area (Å²) < 4.78 is 70.9. The van der Waals surface area contributed by atoms with Crippen molar-refractivity contribution in [2.75, 3.05) is 25.0 Å². The number of carbonyl (C=O) groups excluding carboxylic acids is 2. The number of halogens is 4. The normalized spacial score (nSPS) is 11.5. The van der Waals surface area contributed by atoms with Crippen molar-refractivity contribution in [3.05, 3.63) is 58.4 Å². The van der Waals surface area contributed by atoms with E-state index >= 15 is 0 Å². The van der Waals surface area contributed by atoms with Crippen molar-refractivity contribution in [1.29, 1.82) is 0 Å². The molecule has 12 heteroatoms. The van der Waals surface area contributed by atoms with Gasteiger partial charge in [0.2, 0.25) is 10.0 Å². The molecule has 1 N–H and O–H groups in total. The van der Waals surface area contributed by atoms with Gasteiger partial charge in [-0.05, 0) is 30.3 Å². The van der Waals surface area contributed by atoms with Gasteiger partial charge in [-0.3, -0.25) is 4.79 Å². The van der Waals surface area contributed by atoms with E-state index in [4.69, 9.17) is 16.3 Å². The number of amides is 1. The zero-order valence-electron chi connectivity index (χ0n) is 16.4. The molecular formula is C19H18ClF3N2O5S. The van der Waals surface area contributed by atoms with Crippen LogP contribution in [0, 0.1) is 17.5 Å². The first-order valence-corrected chi connectivity index (χ1v) is 10.7. The van der Waals surface area contributed by atoms with E-state index in [0.717, 1.165) is 12.1 Å². The molecule has 0 fully saturated rings. The third kappa shape index (κ3) is 5.54. The van der Waals surface area contributed by atoms with Gasteiger partial charge in [-0.1, -0.05) is 25.4 Å². The number of anilines is 1. The second-order valence-electron chi connectivity index (χ2n) is 6.08. The SMILES string of the molecule is CCN(CC)S(=O)(=O)c1ccc(Cl)c(C(=O)OCC(=O)Nc2ccc(F)c(F)c2F)c1. The summed E-state index contributed by atoms with van der Waals surface area (Å²) in [4.78, 5) is 24.0. The lowest BCUT2D eigenvalue weighted by Gasteiger charge is -2.19. The quantitative estimate of drug-likeness (QED) is 0.462. The molecule has 7 nitrogen and oxygen atoms in total. The molecule has 168 valence electrons. The Bertz CT molecular complexity index is 1110. The Kier molecular flexibility index (Phi) is 8.04. The van der Waals surface area contributed by atoms with Crippen molar-refractivity contribution in [2.24, 2.45) is 0 Å². The van der Waals surface area contributed by atoms with Crippen molar-refractivity contribution in [3.8, 4) is 0 Å². The molecule has 2 aromatic rings. The first-order chi connectivity index (χ1) is 14.5. The van der Waals surface area contributed by atoms with Crippen LogP contribution in [0.15, 0.2) is 35.2 Å². The van der Waals surface area contributed by atoms with Gasteiger partial charge in [0.25, 0.3) is 5.91 Å². The molecular weight excluding hydrogens is 461 g/mol. The molecule has 0 aliphatic rings. The van der Waals surface area contributed by atoms with Gasteiger partial charge < -0.3 is 10.1 Å². The van der Waals surface area contributed by atoms with Gasteiger partial charge in [-0.25, -0.2) is 26.4 Å². The summed E-state index contributed by atoms with van der Waals surface area (Å²) in [5.74, 6) is -6.97. The molecule has 0 aromatic heterocycles. The third-order valence-electron chi connectivity index (χ3n) is 4.14. The Morgan fingerprint density at radius 1 is 1.06 bits per heavy atom. The fraction of sp³-hybridized carbons (Fsp3) is 0.263. The smallest absolute Gasteiger partial charge is 0.340 e. The lowest BCUT2D eigenvalue weighted by atomic mass is 10.2. The van der Waals surface area contributed by atoms with E-state index in [9.17, 15) is 31.2 Å². The molecule has 31 heavy (non-hydrogen) atoms. The first kappa shape index (κ1) is 24.6. The van der Waals surface area contributed by atoms with Gasteiger partial charge >= 0.3 is 5.97 Å². The summed E-state index contributed by atoms with van der Waals surface area (Å²) in [6.07, 6.45) is 0. The Balaban J connectivity index is 2.14. The molecule has 0 radical (unpaired) electrons. The summed E-state index contributed by atoms with van der Waals surface area (Å²) in [6, 6.07) is 4.86. The van der Waals surface area contributed by atoms with Crippen molar-refractivity contribution in [1.82, 2.24) is 4.31 Å². The molecule has 2 rings (SSSR count). The Labute approximate surface area is 181 Å². The van der Waals surface area contributed by atoms with Gasteiger partial charge in [0.1, 0.15) is 0 Å². The molecule has 0 atom stereocenters. The van der Waals surface area contributed by atoms with E-state index < -0.39 is 51.6 Å². The molecule has 0 bridgehead atoms. The Morgan fingerprint density at radius 2 is 1.71 bits per heavy atom. The van der Waals surface area contributed by atoms with Crippen LogP contribution in [-0.2, 0) is 19.6 Å². The van der Waals surface area contributed by atoms with Crippen molar-refractivity contribution in [2.45, 2.75) is 18.7 Å². The number of esters is 1. The number of nitrogens with one attached hydrogen (secondary N) is 1. The molecule has 0 saturated heterocycles. The van der Waals surface area contributed by atoms with Crippen LogP contribution in [0.2, 0.25) is 5.02 Å². The zero-order chi connectivity index (χ0) is 23.3. The lowest BCUT2D eigenvalue weighted by Crippen LogP contribution is -2.30. The van der Waals surface area contributed by atoms with Crippen LogP contribution in [-0.4, -0.2) is 44.3 Å². The average molecular weight is 479 g/mol. The van der Waals surface area contributed by atoms with Crippen LogP contribution in [0.3, 0.4) is 0 Å². The largest absolute Gasteiger partial charge is 0.452 e. The van der Waals surface area contributed by atoms with Crippen LogP contribution in [0.1, 0.15) is 24.2 Å². The number of benzene rings is 2. The van der Waals surface area contributed by atoms with E-state index in [-0.39, 0.29) is 28.6 Å². The molecule has 0 aliphatic heterocycles. The minimum atomic E-state index is -3.88. The Hall–Kier alpha value is -2.63. The summed E-state index contributed by atoms with van der Waals surface area (Å²) in [5, 5.41) is 1.82. The van der Waals surface area contributed by atoms with E-state index in [2.05, 4.69) is 0 Å². The molecule has 0 heterocycles. The maximum Gasteiger partial charge on any atom is 0.340 e. The topological polar surface area (TPSA) is 92.8 Å². The van der Waals surface area contributed by atoms with Gasteiger partial charge in [0, 0.05) is 13.1 Å². The van der Waals surface area contributed by atoms with Crippen LogP contribution in [0.4, 0.5) is 18.9 Å². The summed E-state index contributed by atoms with van der Waals surface area (Å²) in [5.41, 5.74) is -0.952. The second kappa shape index (κ2) is 10.1. The molecule has 0 saturated carbocycles. The number of sulfonamides is 1. The molecule has 0 aliphatic carbocycles. The van der Waals surface area contributed by atoms with Gasteiger partial charge in [-0.15, -0.1) is 0 Å². The number of rotatable bonds is 8. The number of carbonyl (C=O) groups is 2. The highest BCUT2D eigenvalue weighted by molar-refractivity contribution is 7.89. The van der Waals surface area contributed by atoms with Gasteiger partial charge in [0.05, 0.1) is 21.2 Å². The molecule has 1 amide bonds. The highest BCUT2D eigenvalue weighted by atomic mass is 35.5. The number of hydrogen-bond donors (Lipinski definition) is 1. The highest BCUT2D eigenvalue weighted by Crippen LogP contribution is 2.24. The molecule has 0 unspecified atom stereocenters. The third-order valence-corrected chi connectivity index (χ3v) is 6.52. The fourth-order valence-electron chi connectivity index (χ4n) is 2.55. The molecule has 2 aromatic carbocycles. The maximum absolute atomic E-state index is 13.6. The lowest BCUT2D eigenvalue weighted by molar-refractivity contribution is -0.119. The van der Waals surface area contributed by atoms with Gasteiger partial charge in [-0.2, -0.15) is 4.31 Å². The summed E-state index contributed by atoms with van der Waals surface area (Å²) in [7, 11) is -3.88. The zero-order valence-corrected chi connectivity index (χ0v) is 18.0. The molecule has 0 spiro atoms. The van der Waals surface area contributed by atoms with Gasteiger partial charge in [0.15, 0.2) is 24.1 Å². The number of hydrogen-bond acceptors (Lipinski definition) is 5.